The summed E-state index contributed by atoms with van der Waals surface area (Å²) >= 11 is 0. The van der Waals surface area contributed by atoms with Gasteiger partial charge in [0.15, 0.2) is 6.10 Å². The maximum absolute atomic E-state index is 12.0. The minimum atomic E-state index is 0.0689. The Kier molecular flexibility index (Phi) is 3.13. The van der Waals surface area contributed by atoms with E-state index >= 15 is 0 Å². The average Bonchev–Trinajstić information content (AvgIpc) is 2.95. The molecule has 18 heavy (non-hydrogen) atoms. The highest BCUT2D eigenvalue weighted by atomic mass is 16.5. The highest BCUT2D eigenvalue weighted by molar-refractivity contribution is 5.70. The molecule has 3 heteroatoms. The van der Waals surface area contributed by atoms with E-state index in [4.69, 9.17) is 4.74 Å². The van der Waals surface area contributed by atoms with E-state index < -0.39 is 0 Å². The Labute approximate surface area is 110 Å². The van der Waals surface area contributed by atoms with Gasteiger partial charge in [-0.3, -0.25) is 4.79 Å². The SMILES string of the molecule is C[N+]1(C)C2CCC1[C@@H](OC(=O)CC1CCCC1)C2. The maximum atomic E-state index is 12.0. The number of ether oxygens (including phenoxy) is 1. The zero-order chi connectivity index (χ0) is 12.8. The lowest BCUT2D eigenvalue weighted by molar-refractivity contribution is -0.913. The number of nitrogens with zero attached hydrogens (tertiary/aromatic N) is 1. The fourth-order valence-corrected chi connectivity index (χ4v) is 4.52. The van der Waals surface area contributed by atoms with Crippen LogP contribution in [0.3, 0.4) is 0 Å². The highest BCUT2D eigenvalue weighted by Crippen LogP contribution is 2.43. The number of hydrogen-bond acceptors (Lipinski definition) is 2. The van der Waals surface area contributed by atoms with Crippen LogP contribution in [0.2, 0.25) is 0 Å². The third kappa shape index (κ3) is 2.07. The molecule has 0 aromatic carbocycles. The third-order valence-corrected chi connectivity index (χ3v) is 5.74. The summed E-state index contributed by atoms with van der Waals surface area (Å²) in [7, 11) is 4.60. The topological polar surface area (TPSA) is 26.3 Å². The minimum Gasteiger partial charge on any atom is -0.456 e. The number of likely N-dealkylation sites (N-methyl/N-ethyl adjacent to an activating group) is 1. The first-order valence-electron chi connectivity index (χ1n) is 7.60. The van der Waals surface area contributed by atoms with E-state index in [9.17, 15) is 4.79 Å². The molecule has 3 nitrogen and oxygen atoms in total. The monoisotopic (exact) mass is 252 g/mol. The first-order valence-corrected chi connectivity index (χ1v) is 7.60. The molecule has 1 aliphatic carbocycles. The number of quaternary nitrogens is 1. The lowest BCUT2D eigenvalue weighted by Gasteiger charge is -2.30. The van der Waals surface area contributed by atoms with Crippen LogP contribution in [0.1, 0.15) is 51.4 Å². The van der Waals surface area contributed by atoms with Gasteiger partial charge in [0.25, 0.3) is 0 Å². The second-order valence-corrected chi connectivity index (χ2v) is 7.05. The first-order chi connectivity index (χ1) is 8.57. The fourth-order valence-electron chi connectivity index (χ4n) is 4.52. The standard InChI is InChI=1S/C15H26NO2/c1-16(2)12-7-8-13(16)14(10-12)18-15(17)9-11-5-3-4-6-11/h11-14H,3-10H2,1-2H3/q+1/t12?,13?,14-/m0/s1. The van der Waals surface area contributed by atoms with Gasteiger partial charge >= 0.3 is 5.97 Å². The molecule has 3 rings (SSSR count). The number of esters is 1. The molecule has 0 aromatic rings. The number of fused-ring (bicyclic) bond motifs is 2. The van der Waals surface area contributed by atoms with Gasteiger partial charge < -0.3 is 9.22 Å². The molecule has 0 aromatic heterocycles. The number of rotatable bonds is 3. The molecule has 3 atom stereocenters. The van der Waals surface area contributed by atoms with Crippen molar-refractivity contribution >= 4 is 5.97 Å². The average molecular weight is 252 g/mol. The summed E-state index contributed by atoms with van der Waals surface area (Å²) in [6.45, 7) is 0. The van der Waals surface area contributed by atoms with E-state index in [0.29, 0.717) is 18.4 Å². The van der Waals surface area contributed by atoms with E-state index in [0.717, 1.165) is 16.9 Å². The Hall–Kier alpha value is -0.570. The van der Waals surface area contributed by atoms with Crippen LogP contribution in [-0.4, -0.2) is 42.7 Å². The molecular formula is C15H26NO2+. The zero-order valence-corrected chi connectivity index (χ0v) is 11.7. The summed E-state index contributed by atoms with van der Waals surface area (Å²) in [5.74, 6) is 0.679. The smallest absolute Gasteiger partial charge is 0.306 e. The van der Waals surface area contributed by atoms with Crippen LogP contribution in [0, 0.1) is 5.92 Å². The van der Waals surface area contributed by atoms with Gasteiger partial charge in [-0.25, -0.2) is 0 Å². The molecule has 102 valence electrons. The number of carbonyl (C=O) groups excluding carboxylic acids is 1. The highest BCUT2D eigenvalue weighted by Gasteiger charge is 2.56. The molecule has 0 N–H and O–H groups in total. The van der Waals surface area contributed by atoms with E-state index in [1.54, 1.807) is 0 Å². The molecule has 0 spiro atoms. The Morgan fingerprint density at radius 1 is 1.17 bits per heavy atom. The molecule has 2 bridgehead atoms. The van der Waals surface area contributed by atoms with Gasteiger partial charge in [-0.1, -0.05) is 12.8 Å². The second kappa shape index (κ2) is 4.52. The summed E-state index contributed by atoms with van der Waals surface area (Å²) in [5.41, 5.74) is 0. The minimum absolute atomic E-state index is 0.0689. The van der Waals surface area contributed by atoms with Gasteiger partial charge in [0, 0.05) is 25.7 Å². The van der Waals surface area contributed by atoms with Gasteiger partial charge in [0.05, 0.1) is 20.1 Å². The van der Waals surface area contributed by atoms with Crippen molar-refractivity contribution in [3.8, 4) is 0 Å². The predicted octanol–water partition coefficient (Wildman–Crippen LogP) is 2.49. The molecule has 3 fully saturated rings. The van der Waals surface area contributed by atoms with E-state index in [-0.39, 0.29) is 12.1 Å². The molecule has 0 amide bonds. The van der Waals surface area contributed by atoms with Crippen molar-refractivity contribution in [2.75, 3.05) is 14.1 Å². The number of carbonyl (C=O) groups is 1. The molecule has 1 saturated carbocycles. The van der Waals surface area contributed by atoms with Crippen molar-refractivity contribution in [1.29, 1.82) is 0 Å². The molecule has 2 unspecified atom stereocenters. The Balaban J connectivity index is 1.53. The molecular weight excluding hydrogens is 226 g/mol. The van der Waals surface area contributed by atoms with Gasteiger partial charge in [0.2, 0.25) is 0 Å². The van der Waals surface area contributed by atoms with Crippen LogP contribution in [0.4, 0.5) is 0 Å². The first kappa shape index (κ1) is 12.5. The second-order valence-electron chi connectivity index (χ2n) is 7.05. The molecule has 3 aliphatic rings. The van der Waals surface area contributed by atoms with Crippen LogP contribution < -0.4 is 0 Å². The zero-order valence-electron chi connectivity index (χ0n) is 11.7. The van der Waals surface area contributed by atoms with Crippen LogP contribution in [0.15, 0.2) is 0 Å². The summed E-state index contributed by atoms with van der Waals surface area (Å²) in [6, 6.07) is 1.28. The molecule has 2 aliphatic heterocycles. The van der Waals surface area contributed by atoms with Crippen molar-refractivity contribution in [3.63, 3.8) is 0 Å². The molecule has 0 radical (unpaired) electrons. The maximum Gasteiger partial charge on any atom is 0.306 e. The van der Waals surface area contributed by atoms with Gasteiger partial charge in [-0.2, -0.15) is 0 Å². The van der Waals surface area contributed by atoms with Crippen molar-refractivity contribution < 1.29 is 14.0 Å². The fraction of sp³-hybridized carbons (Fsp3) is 0.933. The van der Waals surface area contributed by atoms with Crippen LogP contribution >= 0.6 is 0 Å². The van der Waals surface area contributed by atoms with E-state index in [2.05, 4.69) is 14.1 Å². The van der Waals surface area contributed by atoms with Gasteiger partial charge in [0.1, 0.15) is 6.04 Å². The van der Waals surface area contributed by atoms with Crippen LogP contribution in [-0.2, 0) is 9.53 Å². The van der Waals surface area contributed by atoms with Gasteiger partial charge in [-0.05, 0) is 18.8 Å². The summed E-state index contributed by atoms with van der Waals surface area (Å²) in [6.07, 6.45) is 9.57. The van der Waals surface area contributed by atoms with Crippen molar-refractivity contribution in [1.82, 2.24) is 0 Å². The Bertz CT molecular complexity index is 333. The van der Waals surface area contributed by atoms with E-state index in [1.165, 1.54) is 38.5 Å². The largest absolute Gasteiger partial charge is 0.456 e. The van der Waals surface area contributed by atoms with Gasteiger partial charge in [-0.15, -0.1) is 0 Å². The Morgan fingerprint density at radius 2 is 1.89 bits per heavy atom. The Morgan fingerprint density at radius 3 is 2.44 bits per heavy atom. The van der Waals surface area contributed by atoms with Crippen molar-refractivity contribution in [2.45, 2.75) is 69.6 Å². The van der Waals surface area contributed by atoms with Crippen LogP contribution in [0.25, 0.3) is 0 Å². The lowest BCUT2D eigenvalue weighted by Crippen LogP contribution is -2.46. The summed E-state index contributed by atoms with van der Waals surface area (Å²) in [4.78, 5) is 12.0. The van der Waals surface area contributed by atoms with Crippen LogP contribution in [0.5, 0.6) is 0 Å². The van der Waals surface area contributed by atoms with Crippen molar-refractivity contribution in [3.05, 3.63) is 0 Å². The quantitative estimate of drug-likeness (QED) is 0.570. The summed E-state index contributed by atoms with van der Waals surface area (Å²) < 4.78 is 6.86. The molecule has 2 saturated heterocycles. The summed E-state index contributed by atoms with van der Waals surface area (Å²) in [5, 5.41) is 0. The molecule has 2 heterocycles. The van der Waals surface area contributed by atoms with Crippen molar-refractivity contribution in [2.24, 2.45) is 5.92 Å². The number of hydrogen-bond donors (Lipinski definition) is 0. The lowest BCUT2D eigenvalue weighted by atomic mass is 9.97. The van der Waals surface area contributed by atoms with E-state index in [1.807, 2.05) is 0 Å². The third-order valence-electron chi connectivity index (χ3n) is 5.74. The normalized spacial score (nSPS) is 38.2. The predicted molar refractivity (Wildman–Crippen MR) is 70.0 cm³/mol.